The summed E-state index contributed by atoms with van der Waals surface area (Å²) in [6.45, 7) is 0. The summed E-state index contributed by atoms with van der Waals surface area (Å²) in [5.74, 6) is 0. The van der Waals surface area contributed by atoms with Gasteiger partial charge in [-0.25, -0.2) is 13.6 Å². The molecule has 0 atom stereocenters. The zero-order chi connectivity index (χ0) is 10.2. The minimum Gasteiger partial charge on any atom is -0.225 e. The fourth-order valence-corrected chi connectivity index (χ4v) is 1.89. The maximum atomic E-state index is 11.1. The van der Waals surface area contributed by atoms with E-state index < -0.39 is 10.0 Å². The van der Waals surface area contributed by atoms with Crippen molar-refractivity contribution < 1.29 is 8.42 Å². The van der Waals surface area contributed by atoms with Gasteiger partial charge in [0.15, 0.2) is 0 Å². The molecule has 0 bridgehead atoms. The van der Waals surface area contributed by atoms with E-state index in [9.17, 15) is 8.42 Å². The molecule has 0 amide bonds. The van der Waals surface area contributed by atoms with Crippen molar-refractivity contribution >= 4 is 33.2 Å². The normalized spacial score (nSPS) is 11.0. The van der Waals surface area contributed by atoms with Crippen LogP contribution in [0.1, 0.15) is 0 Å². The van der Waals surface area contributed by atoms with E-state index in [0.717, 1.165) is 10.8 Å². The summed E-state index contributed by atoms with van der Waals surface area (Å²) >= 11 is 0. The van der Waals surface area contributed by atoms with E-state index >= 15 is 0 Å². The fraction of sp³-hybridized carbons (Fsp3) is 0. The lowest BCUT2D eigenvalue weighted by Crippen LogP contribution is -2.11. The van der Waals surface area contributed by atoms with Crippen molar-refractivity contribution in [3.63, 3.8) is 0 Å². The Hall–Kier alpha value is -1.10. The van der Waals surface area contributed by atoms with E-state index in [1.807, 2.05) is 24.3 Å². The molecule has 0 saturated carbocycles. The third kappa shape index (κ3) is 2.47. The second-order valence-corrected chi connectivity index (χ2v) is 4.62. The summed E-state index contributed by atoms with van der Waals surface area (Å²) < 4.78 is 22.1. The van der Waals surface area contributed by atoms with Gasteiger partial charge in [-0.2, -0.15) is 0 Å². The van der Waals surface area contributed by atoms with Crippen molar-refractivity contribution in [2.24, 2.45) is 5.14 Å². The van der Waals surface area contributed by atoms with Crippen molar-refractivity contribution in [3.05, 3.63) is 42.5 Å². The molecule has 0 unspecified atom stereocenters. The quantitative estimate of drug-likeness (QED) is 0.832. The van der Waals surface area contributed by atoms with Crippen LogP contribution in [0, 0.1) is 0 Å². The summed E-state index contributed by atoms with van der Waals surface area (Å²) in [5, 5.41) is 6.89. The fourth-order valence-electron chi connectivity index (χ4n) is 1.34. The number of fused-ring (bicyclic) bond motifs is 1. The lowest BCUT2D eigenvalue weighted by molar-refractivity contribution is 0.598. The van der Waals surface area contributed by atoms with Crippen LogP contribution in [-0.2, 0) is 10.0 Å². The first-order chi connectivity index (χ1) is 6.57. The highest BCUT2D eigenvalue weighted by Gasteiger charge is 2.07. The third-order valence-electron chi connectivity index (χ3n) is 2.05. The van der Waals surface area contributed by atoms with Crippen molar-refractivity contribution in [2.45, 2.75) is 4.90 Å². The zero-order valence-corrected chi connectivity index (χ0v) is 9.38. The molecule has 0 heterocycles. The lowest BCUT2D eigenvalue weighted by Gasteiger charge is -2.00. The van der Waals surface area contributed by atoms with Crippen LogP contribution in [0.25, 0.3) is 10.8 Å². The molecule has 0 aromatic heterocycles. The molecule has 0 spiro atoms. The Morgan fingerprint density at radius 1 is 0.933 bits per heavy atom. The van der Waals surface area contributed by atoms with Crippen molar-refractivity contribution in [1.29, 1.82) is 0 Å². The number of rotatable bonds is 1. The molecule has 15 heavy (non-hydrogen) atoms. The Bertz CT molecular complexity index is 581. The van der Waals surface area contributed by atoms with Crippen molar-refractivity contribution in [2.75, 3.05) is 0 Å². The molecule has 0 aliphatic heterocycles. The number of primary sulfonamides is 1. The molecule has 2 aromatic carbocycles. The Labute approximate surface area is 94.4 Å². The standard InChI is InChI=1S/C10H9NO2S.ClH/c11-14(12,13)10-6-5-8-3-1-2-4-9(8)7-10;/h1-7H,(H2,11,12,13);1H. The van der Waals surface area contributed by atoms with E-state index in [-0.39, 0.29) is 17.3 Å². The molecule has 2 rings (SSSR count). The first kappa shape index (κ1) is 12.0. The summed E-state index contributed by atoms with van der Waals surface area (Å²) in [4.78, 5) is 0.149. The molecule has 80 valence electrons. The number of benzene rings is 2. The Morgan fingerprint density at radius 3 is 2.13 bits per heavy atom. The second kappa shape index (κ2) is 4.18. The number of hydrogen-bond donors (Lipinski definition) is 1. The smallest absolute Gasteiger partial charge is 0.225 e. The molecule has 0 radical (unpaired) electrons. The van der Waals surface area contributed by atoms with Gasteiger partial charge >= 0.3 is 0 Å². The molecule has 2 N–H and O–H groups in total. The van der Waals surface area contributed by atoms with E-state index in [1.165, 1.54) is 6.07 Å². The van der Waals surface area contributed by atoms with Gasteiger partial charge in [-0.3, -0.25) is 0 Å². The zero-order valence-electron chi connectivity index (χ0n) is 7.75. The van der Waals surface area contributed by atoms with Gasteiger partial charge in [0.1, 0.15) is 0 Å². The summed E-state index contributed by atoms with van der Waals surface area (Å²) in [7, 11) is -3.59. The van der Waals surface area contributed by atoms with Crippen LogP contribution >= 0.6 is 12.4 Å². The average molecular weight is 244 g/mol. The number of hydrogen-bond acceptors (Lipinski definition) is 2. The van der Waals surface area contributed by atoms with Crippen LogP contribution in [0.5, 0.6) is 0 Å². The van der Waals surface area contributed by atoms with Crippen LogP contribution in [0.15, 0.2) is 47.4 Å². The summed E-state index contributed by atoms with van der Waals surface area (Å²) in [6.07, 6.45) is 0. The molecule has 0 fully saturated rings. The van der Waals surface area contributed by atoms with Gasteiger partial charge in [-0.05, 0) is 22.9 Å². The maximum absolute atomic E-state index is 11.1. The van der Waals surface area contributed by atoms with Gasteiger partial charge < -0.3 is 0 Å². The highest BCUT2D eigenvalue weighted by Crippen LogP contribution is 2.17. The highest BCUT2D eigenvalue weighted by atomic mass is 35.5. The Kier molecular flexibility index (Phi) is 3.34. The molecule has 2 aromatic rings. The molecule has 0 aliphatic rings. The third-order valence-corrected chi connectivity index (χ3v) is 2.96. The SMILES string of the molecule is Cl.NS(=O)(=O)c1ccc2ccccc2c1. The Balaban J connectivity index is 0.00000112. The predicted octanol–water partition coefficient (Wildman–Crippen LogP) is 1.91. The molecule has 5 heteroatoms. The van der Waals surface area contributed by atoms with Gasteiger partial charge in [0.05, 0.1) is 4.90 Å². The number of nitrogens with two attached hydrogens (primary N) is 1. The monoisotopic (exact) mass is 243 g/mol. The number of halogens is 1. The lowest BCUT2D eigenvalue weighted by atomic mass is 10.1. The van der Waals surface area contributed by atoms with Crippen molar-refractivity contribution in [1.82, 2.24) is 0 Å². The summed E-state index contributed by atoms with van der Waals surface area (Å²) in [6, 6.07) is 12.4. The van der Waals surface area contributed by atoms with Crippen molar-refractivity contribution in [3.8, 4) is 0 Å². The minimum absolute atomic E-state index is 0. The molecular weight excluding hydrogens is 234 g/mol. The van der Waals surface area contributed by atoms with E-state index in [2.05, 4.69) is 0 Å². The van der Waals surface area contributed by atoms with Gasteiger partial charge in [0, 0.05) is 0 Å². The first-order valence-electron chi connectivity index (χ1n) is 4.09. The van der Waals surface area contributed by atoms with Crippen LogP contribution in [0.3, 0.4) is 0 Å². The van der Waals surface area contributed by atoms with Crippen LogP contribution in [-0.4, -0.2) is 8.42 Å². The van der Waals surface area contributed by atoms with Crippen LogP contribution in [0.4, 0.5) is 0 Å². The largest absolute Gasteiger partial charge is 0.238 e. The van der Waals surface area contributed by atoms with Gasteiger partial charge in [0.25, 0.3) is 0 Å². The topological polar surface area (TPSA) is 60.2 Å². The van der Waals surface area contributed by atoms with E-state index in [1.54, 1.807) is 12.1 Å². The average Bonchev–Trinajstić information content (AvgIpc) is 2.16. The molecule has 0 saturated heterocycles. The number of sulfonamides is 1. The van der Waals surface area contributed by atoms with Gasteiger partial charge in [-0.15, -0.1) is 12.4 Å². The minimum atomic E-state index is -3.59. The van der Waals surface area contributed by atoms with Crippen LogP contribution < -0.4 is 5.14 Å². The predicted molar refractivity (Wildman–Crippen MR) is 62.6 cm³/mol. The maximum Gasteiger partial charge on any atom is 0.238 e. The molecule has 0 aliphatic carbocycles. The van der Waals surface area contributed by atoms with Crippen LogP contribution in [0.2, 0.25) is 0 Å². The van der Waals surface area contributed by atoms with E-state index in [4.69, 9.17) is 5.14 Å². The summed E-state index contributed by atoms with van der Waals surface area (Å²) in [5.41, 5.74) is 0. The van der Waals surface area contributed by atoms with E-state index in [0.29, 0.717) is 0 Å². The van der Waals surface area contributed by atoms with Gasteiger partial charge in [-0.1, -0.05) is 30.3 Å². The molecular formula is C10H10ClNO2S. The first-order valence-corrected chi connectivity index (χ1v) is 5.63. The van der Waals surface area contributed by atoms with Gasteiger partial charge in [0.2, 0.25) is 10.0 Å². The Morgan fingerprint density at radius 2 is 1.53 bits per heavy atom. The second-order valence-electron chi connectivity index (χ2n) is 3.05. The highest BCUT2D eigenvalue weighted by molar-refractivity contribution is 7.89. The molecule has 3 nitrogen and oxygen atoms in total.